The molecule has 0 bridgehead atoms. The maximum Gasteiger partial charge on any atom is 0.00819 e. The van der Waals surface area contributed by atoms with E-state index in [9.17, 15) is 0 Å². The highest BCUT2D eigenvalue weighted by atomic mass is 32.1. The number of nitrogens with one attached hydrogen (secondary N) is 1. The van der Waals surface area contributed by atoms with Gasteiger partial charge in [0.1, 0.15) is 0 Å². The minimum absolute atomic E-state index is 0.577. The Kier molecular flexibility index (Phi) is 6.07. The van der Waals surface area contributed by atoms with Gasteiger partial charge < -0.3 is 5.32 Å². The van der Waals surface area contributed by atoms with Crippen molar-refractivity contribution >= 4 is 11.3 Å². The largest absolute Gasteiger partial charge is 0.311 e. The molecule has 0 fully saturated rings. The summed E-state index contributed by atoms with van der Waals surface area (Å²) in [6.45, 7) is 9.19. The van der Waals surface area contributed by atoms with Gasteiger partial charge in [-0.05, 0) is 55.0 Å². The highest BCUT2D eigenvalue weighted by Crippen LogP contribution is 2.12. The van der Waals surface area contributed by atoms with Crippen LogP contribution in [0.2, 0.25) is 0 Å². The molecule has 0 aromatic carbocycles. The minimum Gasteiger partial charge on any atom is -0.311 e. The van der Waals surface area contributed by atoms with Crippen LogP contribution in [-0.2, 0) is 6.42 Å². The molecule has 3 atom stereocenters. The molecule has 0 saturated carbocycles. The quantitative estimate of drug-likeness (QED) is 0.755. The summed E-state index contributed by atoms with van der Waals surface area (Å²) in [5, 5.41) is 8.09. The molecule has 1 heterocycles. The van der Waals surface area contributed by atoms with E-state index in [-0.39, 0.29) is 0 Å². The van der Waals surface area contributed by atoms with E-state index < -0.39 is 0 Å². The second kappa shape index (κ2) is 7.08. The van der Waals surface area contributed by atoms with Crippen molar-refractivity contribution in [1.29, 1.82) is 0 Å². The molecule has 1 aromatic rings. The van der Waals surface area contributed by atoms with E-state index in [0.717, 1.165) is 12.3 Å². The van der Waals surface area contributed by atoms with Crippen molar-refractivity contribution in [3.05, 3.63) is 22.4 Å². The summed E-state index contributed by atoms with van der Waals surface area (Å²) in [7, 11) is 0. The standard InChI is InChI=1S/C14H25NS/c1-5-11(2)8-12(3)15-13(4)9-14-6-7-16-10-14/h6-7,10-13,15H,5,8-9H2,1-4H3. The summed E-state index contributed by atoms with van der Waals surface area (Å²) < 4.78 is 0. The van der Waals surface area contributed by atoms with Crippen LogP contribution < -0.4 is 5.32 Å². The molecule has 92 valence electrons. The van der Waals surface area contributed by atoms with Gasteiger partial charge in [-0.25, -0.2) is 0 Å². The Labute approximate surface area is 104 Å². The maximum absolute atomic E-state index is 3.69. The molecule has 1 rings (SSSR count). The van der Waals surface area contributed by atoms with E-state index in [1.54, 1.807) is 11.3 Å². The highest BCUT2D eigenvalue weighted by Gasteiger charge is 2.10. The Morgan fingerprint density at radius 2 is 2.00 bits per heavy atom. The van der Waals surface area contributed by atoms with Gasteiger partial charge in [0.05, 0.1) is 0 Å². The van der Waals surface area contributed by atoms with Crippen molar-refractivity contribution in [2.24, 2.45) is 5.92 Å². The van der Waals surface area contributed by atoms with Crippen molar-refractivity contribution in [2.75, 3.05) is 0 Å². The van der Waals surface area contributed by atoms with Gasteiger partial charge in [0.2, 0.25) is 0 Å². The maximum atomic E-state index is 3.69. The van der Waals surface area contributed by atoms with Crippen LogP contribution in [0.25, 0.3) is 0 Å². The van der Waals surface area contributed by atoms with E-state index in [1.807, 2.05) is 0 Å². The fourth-order valence-corrected chi connectivity index (χ4v) is 2.83. The number of rotatable bonds is 7. The fourth-order valence-electron chi connectivity index (χ4n) is 2.15. The van der Waals surface area contributed by atoms with Gasteiger partial charge in [-0.15, -0.1) is 0 Å². The summed E-state index contributed by atoms with van der Waals surface area (Å²) in [6, 6.07) is 3.43. The summed E-state index contributed by atoms with van der Waals surface area (Å²) in [4.78, 5) is 0. The topological polar surface area (TPSA) is 12.0 Å². The SMILES string of the molecule is CCC(C)CC(C)NC(C)Cc1ccsc1. The Morgan fingerprint density at radius 1 is 1.25 bits per heavy atom. The normalized spacial score (nSPS) is 17.0. The minimum atomic E-state index is 0.577. The predicted octanol–water partition coefficient (Wildman–Crippen LogP) is 4.09. The van der Waals surface area contributed by atoms with Crippen molar-refractivity contribution in [3.8, 4) is 0 Å². The third-order valence-corrected chi connectivity index (χ3v) is 3.88. The van der Waals surface area contributed by atoms with Gasteiger partial charge in [-0.1, -0.05) is 20.3 Å². The van der Waals surface area contributed by atoms with Crippen molar-refractivity contribution < 1.29 is 0 Å². The van der Waals surface area contributed by atoms with Gasteiger partial charge in [0, 0.05) is 12.1 Å². The van der Waals surface area contributed by atoms with Gasteiger partial charge in [0.15, 0.2) is 0 Å². The van der Waals surface area contributed by atoms with Crippen LogP contribution in [0.3, 0.4) is 0 Å². The molecule has 0 amide bonds. The average Bonchev–Trinajstić information content (AvgIpc) is 2.69. The summed E-state index contributed by atoms with van der Waals surface area (Å²) in [5.41, 5.74) is 1.46. The van der Waals surface area contributed by atoms with Crippen LogP contribution in [0.4, 0.5) is 0 Å². The average molecular weight is 239 g/mol. The molecule has 0 aliphatic rings. The van der Waals surface area contributed by atoms with E-state index in [1.165, 1.54) is 18.4 Å². The van der Waals surface area contributed by atoms with Crippen LogP contribution in [0, 0.1) is 5.92 Å². The van der Waals surface area contributed by atoms with Gasteiger partial charge in [-0.2, -0.15) is 11.3 Å². The van der Waals surface area contributed by atoms with E-state index >= 15 is 0 Å². The molecule has 1 nitrogen and oxygen atoms in total. The lowest BCUT2D eigenvalue weighted by Gasteiger charge is -2.22. The first-order valence-electron chi connectivity index (χ1n) is 6.39. The van der Waals surface area contributed by atoms with Gasteiger partial charge in [-0.3, -0.25) is 0 Å². The summed E-state index contributed by atoms with van der Waals surface area (Å²) in [5.74, 6) is 0.829. The third kappa shape index (κ3) is 5.13. The van der Waals surface area contributed by atoms with Crippen molar-refractivity contribution in [3.63, 3.8) is 0 Å². The highest BCUT2D eigenvalue weighted by molar-refractivity contribution is 7.07. The van der Waals surface area contributed by atoms with Gasteiger partial charge >= 0.3 is 0 Å². The van der Waals surface area contributed by atoms with E-state index in [0.29, 0.717) is 12.1 Å². The number of hydrogen-bond donors (Lipinski definition) is 1. The lowest BCUT2D eigenvalue weighted by molar-refractivity contribution is 0.380. The fraction of sp³-hybridized carbons (Fsp3) is 0.714. The summed E-state index contributed by atoms with van der Waals surface area (Å²) in [6.07, 6.45) is 3.71. The second-order valence-corrected chi connectivity index (χ2v) is 5.83. The monoisotopic (exact) mass is 239 g/mol. The number of thiophene rings is 1. The molecule has 0 aliphatic heterocycles. The molecule has 0 spiro atoms. The van der Waals surface area contributed by atoms with E-state index in [4.69, 9.17) is 0 Å². The smallest absolute Gasteiger partial charge is 0.00819 e. The molecule has 3 unspecified atom stereocenters. The zero-order valence-corrected chi connectivity index (χ0v) is 11.8. The lowest BCUT2D eigenvalue weighted by Crippen LogP contribution is -2.36. The van der Waals surface area contributed by atoms with Crippen LogP contribution >= 0.6 is 11.3 Å². The van der Waals surface area contributed by atoms with Crippen LogP contribution in [0.15, 0.2) is 16.8 Å². The first kappa shape index (κ1) is 13.7. The first-order valence-corrected chi connectivity index (χ1v) is 7.33. The zero-order chi connectivity index (χ0) is 12.0. The lowest BCUT2D eigenvalue weighted by atomic mass is 9.99. The Balaban J connectivity index is 2.25. The molecule has 1 aromatic heterocycles. The molecule has 2 heteroatoms. The van der Waals surface area contributed by atoms with Crippen LogP contribution in [0.1, 0.15) is 46.1 Å². The van der Waals surface area contributed by atoms with Crippen molar-refractivity contribution in [1.82, 2.24) is 5.32 Å². The van der Waals surface area contributed by atoms with Crippen LogP contribution in [0.5, 0.6) is 0 Å². The molecule has 0 radical (unpaired) electrons. The molecular formula is C14H25NS. The Morgan fingerprint density at radius 3 is 2.56 bits per heavy atom. The molecule has 1 N–H and O–H groups in total. The zero-order valence-electron chi connectivity index (χ0n) is 11.0. The van der Waals surface area contributed by atoms with Crippen LogP contribution in [-0.4, -0.2) is 12.1 Å². The molecule has 0 aliphatic carbocycles. The third-order valence-electron chi connectivity index (χ3n) is 3.14. The second-order valence-electron chi connectivity index (χ2n) is 5.05. The van der Waals surface area contributed by atoms with Crippen molar-refractivity contribution in [2.45, 2.75) is 59.0 Å². The van der Waals surface area contributed by atoms with E-state index in [2.05, 4.69) is 49.8 Å². The Bertz CT molecular complexity index is 268. The predicted molar refractivity (Wildman–Crippen MR) is 74.2 cm³/mol. The first-order chi connectivity index (χ1) is 7.61. The molecule has 16 heavy (non-hydrogen) atoms. The summed E-state index contributed by atoms with van der Waals surface area (Å²) >= 11 is 1.79. The number of hydrogen-bond acceptors (Lipinski definition) is 2. The molecule has 0 saturated heterocycles. The molecular weight excluding hydrogens is 214 g/mol. The Hall–Kier alpha value is -0.340. The van der Waals surface area contributed by atoms with Gasteiger partial charge in [0.25, 0.3) is 0 Å².